The molecular formula is C30H39N5. The molecule has 0 atom stereocenters. The van der Waals surface area contributed by atoms with E-state index < -0.39 is 0 Å². The van der Waals surface area contributed by atoms with E-state index in [1.807, 2.05) is 66.7 Å². The first kappa shape index (κ1) is 26.3. The number of rotatable bonds is 15. The Balaban J connectivity index is 1.44. The van der Waals surface area contributed by atoms with Crippen LogP contribution in [-0.4, -0.2) is 13.1 Å². The largest absolute Gasteiger partial charge is 0.372 e. The van der Waals surface area contributed by atoms with Crippen molar-refractivity contribution in [3.8, 4) is 0 Å². The van der Waals surface area contributed by atoms with Gasteiger partial charge in [0.25, 0.3) is 0 Å². The van der Waals surface area contributed by atoms with Gasteiger partial charge in [0.2, 0.25) is 0 Å². The van der Waals surface area contributed by atoms with Crippen LogP contribution in [0, 0.1) is 0 Å². The van der Waals surface area contributed by atoms with Gasteiger partial charge in [-0.25, -0.2) is 0 Å². The predicted octanol–water partition coefficient (Wildman–Crippen LogP) is 10.5. The second kappa shape index (κ2) is 15.5. The molecule has 0 saturated carbocycles. The van der Waals surface area contributed by atoms with Gasteiger partial charge in [0, 0.05) is 18.8 Å². The molecular weight excluding hydrogens is 430 g/mol. The molecule has 0 spiro atoms. The van der Waals surface area contributed by atoms with Crippen molar-refractivity contribution in [1.82, 2.24) is 0 Å². The Kier molecular flexibility index (Phi) is 11.7. The second-order valence-corrected chi connectivity index (χ2v) is 8.82. The summed E-state index contributed by atoms with van der Waals surface area (Å²) < 4.78 is 0. The summed E-state index contributed by atoms with van der Waals surface area (Å²) in [5, 5.41) is 17.3. The van der Waals surface area contributed by atoms with Gasteiger partial charge in [0.15, 0.2) is 0 Å². The van der Waals surface area contributed by atoms with Crippen LogP contribution in [0.3, 0.4) is 0 Å². The summed E-state index contributed by atoms with van der Waals surface area (Å²) in [6.45, 7) is 6.63. The molecule has 3 aromatic carbocycles. The Morgan fingerprint density at radius 3 is 1.40 bits per heavy atom. The molecule has 35 heavy (non-hydrogen) atoms. The average Bonchev–Trinajstić information content (AvgIpc) is 2.91. The molecule has 0 fully saturated rings. The summed E-state index contributed by atoms with van der Waals surface area (Å²) in [6.07, 6.45) is 10.8. The van der Waals surface area contributed by atoms with Gasteiger partial charge in [-0.3, -0.25) is 0 Å². The number of benzene rings is 3. The van der Waals surface area contributed by atoms with E-state index in [1.165, 1.54) is 57.1 Å². The molecule has 0 unspecified atom stereocenters. The van der Waals surface area contributed by atoms with Crippen molar-refractivity contribution in [3.63, 3.8) is 0 Å². The van der Waals surface area contributed by atoms with Gasteiger partial charge in [0.05, 0.1) is 22.7 Å². The number of anilines is 1. The van der Waals surface area contributed by atoms with E-state index in [0.717, 1.165) is 35.8 Å². The van der Waals surface area contributed by atoms with Crippen molar-refractivity contribution in [3.05, 3.63) is 78.9 Å². The first-order valence-electron chi connectivity index (χ1n) is 13.1. The summed E-state index contributed by atoms with van der Waals surface area (Å²) >= 11 is 0. The number of hydrogen-bond acceptors (Lipinski definition) is 5. The lowest BCUT2D eigenvalue weighted by atomic mass is 10.1. The fourth-order valence-corrected chi connectivity index (χ4v) is 3.95. The standard InChI is InChI=1S/C30H39N5/c1-3-5-6-7-8-9-10-14-25-35(4-2)30-23-21-29(22-24-30)34-33-28-19-17-27(18-20-28)32-31-26-15-12-11-13-16-26/h11-13,15-24H,3-10,14,25H2,1-2H3. The highest BCUT2D eigenvalue weighted by atomic mass is 15.1. The second-order valence-electron chi connectivity index (χ2n) is 8.82. The van der Waals surface area contributed by atoms with E-state index in [-0.39, 0.29) is 0 Å². The summed E-state index contributed by atoms with van der Waals surface area (Å²) in [5.74, 6) is 0. The van der Waals surface area contributed by atoms with E-state index in [4.69, 9.17) is 0 Å². The third kappa shape index (κ3) is 9.81. The Morgan fingerprint density at radius 1 is 0.486 bits per heavy atom. The van der Waals surface area contributed by atoms with Crippen molar-refractivity contribution in [1.29, 1.82) is 0 Å². The highest BCUT2D eigenvalue weighted by molar-refractivity contribution is 5.53. The van der Waals surface area contributed by atoms with Crippen molar-refractivity contribution < 1.29 is 0 Å². The number of hydrogen-bond donors (Lipinski definition) is 0. The SMILES string of the molecule is CCCCCCCCCCN(CC)c1ccc(N=Nc2ccc(N=Nc3ccccc3)cc2)cc1. The maximum Gasteiger partial charge on any atom is 0.0858 e. The van der Waals surface area contributed by atoms with E-state index in [2.05, 4.69) is 51.3 Å². The Bertz CT molecular complexity index is 1010. The van der Waals surface area contributed by atoms with Gasteiger partial charge in [0.1, 0.15) is 0 Å². The van der Waals surface area contributed by atoms with E-state index in [1.54, 1.807) is 0 Å². The van der Waals surface area contributed by atoms with Crippen LogP contribution in [0.1, 0.15) is 65.2 Å². The van der Waals surface area contributed by atoms with Crippen LogP contribution in [0.25, 0.3) is 0 Å². The molecule has 3 aromatic rings. The molecule has 0 N–H and O–H groups in total. The maximum atomic E-state index is 4.40. The maximum absolute atomic E-state index is 4.40. The first-order valence-corrected chi connectivity index (χ1v) is 13.1. The molecule has 0 aliphatic rings. The molecule has 0 radical (unpaired) electrons. The van der Waals surface area contributed by atoms with Gasteiger partial charge in [-0.1, -0.05) is 70.1 Å². The van der Waals surface area contributed by atoms with Crippen LogP contribution in [0.5, 0.6) is 0 Å². The minimum atomic E-state index is 0.785. The lowest BCUT2D eigenvalue weighted by molar-refractivity contribution is 0.572. The van der Waals surface area contributed by atoms with Gasteiger partial charge < -0.3 is 4.90 Å². The third-order valence-electron chi connectivity index (χ3n) is 6.05. The highest BCUT2D eigenvalue weighted by Crippen LogP contribution is 2.25. The van der Waals surface area contributed by atoms with E-state index >= 15 is 0 Å². The molecule has 0 aliphatic carbocycles. The van der Waals surface area contributed by atoms with Crippen molar-refractivity contribution in [2.45, 2.75) is 65.2 Å². The quantitative estimate of drug-likeness (QED) is 0.161. The molecule has 0 amide bonds. The van der Waals surface area contributed by atoms with Crippen LogP contribution in [0.4, 0.5) is 28.4 Å². The predicted molar refractivity (Wildman–Crippen MR) is 148 cm³/mol. The van der Waals surface area contributed by atoms with Crippen molar-refractivity contribution >= 4 is 28.4 Å². The van der Waals surface area contributed by atoms with Gasteiger partial charge >= 0.3 is 0 Å². The highest BCUT2D eigenvalue weighted by Gasteiger charge is 2.04. The summed E-state index contributed by atoms with van der Waals surface area (Å²) in [4.78, 5) is 2.45. The molecule has 0 heterocycles. The van der Waals surface area contributed by atoms with Crippen molar-refractivity contribution in [2.24, 2.45) is 20.5 Å². The van der Waals surface area contributed by atoms with E-state index in [0.29, 0.717) is 0 Å². The fraction of sp³-hybridized carbons (Fsp3) is 0.400. The zero-order chi connectivity index (χ0) is 24.6. The Hall–Kier alpha value is -3.34. The smallest absolute Gasteiger partial charge is 0.0858 e. The van der Waals surface area contributed by atoms with Gasteiger partial charge in [-0.15, -0.1) is 0 Å². The lowest BCUT2D eigenvalue weighted by Crippen LogP contribution is -2.23. The average molecular weight is 470 g/mol. The molecule has 5 heteroatoms. The Morgan fingerprint density at radius 2 is 0.914 bits per heavy atom. The zero-order valence-corrected chi connectivity index (χ0v) is 21.3. The molecule has 184 valence electrons. The van der Waals surface area contributed by atoms with Crippen molar-refractivity contribution in [2.75, 3.05) is 18.0 Å². The minimum Gasteiger partial charge on any atom is -0.372 e. The van der Waals surface area contributed by atoms with E-state index in [9.17, 15) is 0 Å². The van der Waals surface area contributed by atoms with Crippen LogP contribution >= 0.6 is 0 Å². The molecule has 5 nitrogen and oxygen atoms in total. The normalized spacial score (nSPS) is 11.5. The third-order valence-corrected chi connectivity index (χ3v) is 6.05. The number of azo groups is 2. The first-order chi connectivity index (χ1) is 17.3. The molecule has 0 aliphatic heterocycles. The molecule has 0 bridgehead atoms. The minimum absolute atomic E-state index is 0.785. The molecule has 0 aromatic heterocycles. The van der Waals surface area contributed by atoms with Crippen LogP contribution in [0.15, 0.2) is 99.3 Å². The molecule has 3 rings (SSSR count). The summed E-state index contributed by atoms with van der Waals surface area (Å²) in [5.41, 5.74) is 4.51. The van der Waals surface area contributed by atoms with Gasteiger partial charge in [-0.2, -0.15) is 20.5 Å². The topological polar surface area (TPSA) is 52.7 Å². The van der Waals surface area contributed by atoms with Crippen LogP contribution < -0.4 is 4.90 Å². The monoisotopic (exact) mass is 469 g/mol. The number of unbranched alkanes of at least 4 members (excludes halogenated alkanes) is 7. The number of nitrogens with zero attached hydrogens (tertiary/aromatic N) is 5. The summed E-state index contributed by atoms with van der Waals surface area (Å²) in [7, 11) is 0. The van der Waals surface area contributed by atoms with Crippen LogP contribution in [0.2, 0.25) is 0 Å². The summed E-state index contributed by atoms with van der Waals surface area (Å²) in [6, 6.07) is 25.7. The Labute approximate surface area is 211 Å². The van der Waals surface area contributed by atoms with Gasteiger partial charge in [-0.05, 0) is 74.0 Å². The fourth-order valence-electron chi connectivity index (χ4n) is 3.95. The zero-order valence-electron chi connectivity index (χ0n) is 21.3. The van der Waals surface area contributed by atoms with Crippen LogP contribution in [-0.2, 0) is 0 Å². The molecule has 0 saturated heterocycles. The lowest BCUT2D eigenvalue weighted by Gasteiger charge is -2.23.